The van der Waals surface area contributed by atoms with Gasteiger partial charge in [-0.3, -0.25) is 24.5 Å². The summed E-state index contributed by atoms with van der Waals surface area (Å²) in [5.41, 5.74) is 2.00. The number of fused-ring (bicyclic) bond motifs is 5. The molecule has 132 valence electrons. The lowest BCUT2D eigenvalue weighted by Crippen LogP contribution is -2.38. The second-order valence-corrected chi connectivity index (χ2v) is 8.03. The fraction of sp³-hybridized carbons (Fsp3) is 0.429. The number of amides is 2. The van der Waals surface area contributed by atoms with E-state index in [-0.39, 0.29) is 17.7 Å². The molecule has 4 atom stereocenters. The van der Waals surface area contributed by atoms with E-state index in [0.29, 0.717) is 18.4 Å². The van der Waals surface area contributed by atoms with Crippen LogP contribution >= 0.6 is 0 Å². The number of hydrogen-bond donors (Lipinski definition) is 0. The molecule has 3 aliphatic rings. The van der Waals surface area contributed by atoms with Crippen molar-refractivity contribution in [3.63, 3.8) is 0 Å². The van der Waals surface area contributed by atoms with Crippen LogP contribution in [0.5, 0.6) is 0 Å². The zero-order valence-corrected chi connectivity index (χ0v) is 14.8. The van der Waals surface area contributed by atoms with Gasteiger partial charge in [-0.15, -0.1) is 0 Å². The van der Waals surface area contributed by atoms with Gasteiger partial charge in [-0.05, 0) is 61.8 Å². The predicted molar refractivity (Wildman–Crippen MR) is 95.5 cm³/mol. The SMILES string of the molecule is C[C@@]12C(=O)N(Cc3ccc(-c4ccccn4)nc3)C(=O)[C@@H]1[C@@H]1CC[C@H]2C1. The third-order valence-corrected chi connectivity index (χ3v) is 6.77. The van der Waals surface area contributed by atoms with Gasteiger partial charge >= 0.3 is 0 Å². The Bertz CT molecular complexity index is 880. The van der Waals surface area contributed by atoms with Crippen LogP contribution in [0.1, 0.15) is 31.7 Å². The number of carbonyl (C=O) groups excluding carboxylic acids is 2. The highest BCUT2D eigenvalue weighted by Crippen LogP contribution is 2.63. The summed E-state index contributed by atoms with van der Waals surface area (Å²) in [6, 6.07) is 9.53. The average Bonchev–Trinajstić information content (AvgIpc) is 3.31. The third kappa shape index (κ3) is 2.03. The highest BCUT2D eigenvalue weighted by Gasteiger charge is 2.68. The molecular formula is C21H21N3O2. The second kappa shape index (κ2) is 5.47. The van der Waals surface area contributed by atoms with Crippen molar-refractivity contribution in [3.8, 4) is 11.4 Å². The van der Waals surface area contributed by atoms with Gasteiger partial charge in [0, 0.05) is 12.4 Å². The maximum atomic E-state index is 13.1. The molecule has 1 saturated heterocycles. The van der Waals surface area contributed by atoms with Crippen LogP contribution in [-0.2, 0) is 16.1 Å². The number of nitrogens with zero attached hydrogens (tertiary/aromatic N) is 3. The Hall–Kier alpha value is -2.56. The van der Waals surface area contributed by atoms with Crippen molar-refractivity contribution in [1.29, 1.82) is 0 Å². The summed E-state index contributed by atoms with van der Waals surface area (Å²) in [4.78, 5) is 36.3. The van der Waals surface area contributed by atoms with Gasteiger partial charge < -0.3 is 0 Å². The van der Waals surface area contributed by atoms with Gasteiger partial charge in [0.2, 0.25) is 11.8 Å². The number of likely N-dealkylation sites (tertiary alicyclic amines) is 1. The Balaban J connectivity index is 1.39. The van der Waals surface area contributed by atoms with Crippen molar-refractivity contribution in [2.24, 2.45) is 23.2 Å². The van der Waals surface area contributed by atoms with Crippen LogP contribution in [0.25, 0.3) is 11.4 Å². The fourth-order valence-electron chi connectivity index (χ4n) is 5.45. The lowest BCUT2D eigenvalue weighted by molar-refractivity contribution is -0.143. The van der Waals surface area contributed by atoms with E-state index >= 15 is 0 Å². The number of aromatic nitrogens is 2. The second-order valence-electron chi connectivity index (χ2n) is 8.03. The summed E-state index contributed by atoms with van der Waals surface area (Å²) >= 11 is 0. The van der Waals surface area contributed by atoms with Crippen LogP contribution in [-0.4, -0.2) is 26.7 Å². The predicted octanol–water partition coefficient (Wildman–Crippen LogP) is 3.06. The van der Waals surface area contributed by atoms with E-state index in [4.69, 9.17) is 0 Å². The summed E-state index contributed by atoms with van der Waals surface area (Å²) in [6.45, 7) is 2.34. The molecule has 0 unspecified atom stereocenters. The minimum Gasteiger partial charge on any atom is -0.277 e. The van der Waals surface area contributed by atoms with Crippen molar-refractivity contribution < 1.29 is 9.59 Å². The Morgan fingerprint density at radius 1 is 1.12 bits per heavy atom. The maximum absolute atomic E-state index is 13.1. The van der Waals surface area contributed by atoms with Crippen molar-refractivity contribution in [3.05, 3.63) is 48.3 Å². The van der Waals surface area contributed by atoms with E-state index in [0.717, 1.165) is 36.2 Å². The van der Waals surface area contributed by atoms with E-state index in [9.17, 15) is 9.59 Å². The average molecular weight is 347 g/mol. The van der Waals surface area contributed by atoms with Gasteiger partial charge in [-0.25, -0.2) is 0 Å². The summed E-state index contributed by atoms with van der Waals surface area (Å²) in [7, 11) is 0. The molecule has 2 amide bonds. The minimum atomic E-state index is -0.471. The van der Waals surface area contributed by atoms with E-state index in [1.54, 1.807) is 12.4 Å². The lowest BCUT2D eigenvalue weighted by atomic mass is 9.69. The van der Waals surface area contributed by atoms with Gasteiger partial charge in [0.1, 0.15) is 0 Å². The van der Waals surface area contributed by atoms with Crippen LogP contribution in [0.3, 0.4) is 0 Å². The molecule has 0 aromatic carbocycles. The molecule has 26 heavy (non-hydrogen) atoms. The first kappa shape index (κ1) is 15.7. The summed E-state index contributed by atoms with van der Waals surface area (Å²) in [5, 5.41) is 0. The minimum absolute atomic E-state index is 0.0218. The number of rotatable bonds is 3. The van der Waals surface area contributed by atoms with Crippen LogP contribution < -0.4 is 0 Å². The molecule has 0 spiro atoms. The van der Waals surface area contributed by atoms with Crippen molar-refractivity contribution in [1.82, 2.24) is 14.9 Å². The van der Waals surface area contributed by atoms with Gasteiger partial charge in [0.15, 0.2) is 0 Å². The Labute approximate surface area is 152 Å². The largest absolute Gasteiger partial charge is 0.277 e. The molecule has 5 nitrogen and oxygen atoms in total. The topological polar surface area (TPSA) is 63.2 Å². The fourth-order valence-corrected chi connectivity index (χ4v) is 5.45. The lowest BCUT2D eigenvalue weighted by Gasteiger charge is -2.31. The van der Waals surface area contributed by atoms with Crippen LogP contribution in [0.4, 0.5) is 0 Å². The zero-order valence-electron chi connectivity index (χ0n) is 14.8. The highest BCUT2D eigenvalue weighted by atomic mass is 16.2. The third-order valence-electron chi connectivity index (χ3n) is 6.77. The molecule has 5 heteroatoms. The van der Waals surface area contributed by atoms with E-state index < -0.39 is 5.41 Å². The Morgan fingerprint density at radius 3 is 2.65 bits per heavy atom. The van der Waals surface area contributed by atoms with Crippen LogP contribution in [0.2, 0.25) is 0 Å². The quantitative estimate of drug-likeness (QED) is 0.801. The molecule has 1 aliphatic heterocycles. The molecule has 3 fully saturated rings. The molecule has 2 aliphatic carbocycles. The molecule has 5 rings (SSSR count). The monoisotopic (exact) mass is 347 g/mol. The van der Waals surface area contributed by atoms with Crippen molar-refractivity contribution in [2.75, 3.05) is 0 Å². The molecule has 2 aromatic heterocycles. The molecule has 3 heterocycles. The first-order valence-electron chi connectivity index (χ1n) is 9.31. The van der Waals surface area contributed by atoms with Gasteiger partial charge in [0.25, 0.3) is 0 Å². The smallest absolute Gasteiger partial charge is 0.236 e. The normalized spacial score (nSPS) is 32.3. The number of carbonyl (C=O) groups is 2. The Morgan fingerprint density at radius 2 is 1.96 bits per heavy atom. The van der Waals surface area contributed by atoms with Crippen molar-refractivity contribution in [2.45, 2.75) is 32.7 Å². The summed E-state index contributed by atoms with van der Waals surface area (Å²) in [5.74, 6) is 0.723. The van der Waals surface area contributed by atoms with E-state index in [2.05, 4.69) is 9.97 Å². The summed E-state index contributed by atoms with van der Waals surface area (Å²) in [6.07, 6.45) is 6.71. The molecule has 0 radical (unpaired) electrons. The standard InChI is InChI=1S/C21H21N3O2/c1-21-15-7-6-14(10-15)18(21)19(25)24(20(21)26)12-13-5-8-17(23-11-13)16-4-2-3-9-22-16/h2-5,8-9,11,14-15,18H,6-7,10,12H2,1H3/t14-,15+,18+,21+/m1/s1. The number of imide groups is 1. The van der Waals surface area contributed by atoms with Crippen molar-refractivity contribution >= 4 is 11.8 Å². The zero-order chi connectivity index (χ0) is 17.9. The van der Waals surface area contributed by atoms with Gasteiger partial charge in [0.05, 0.1) is 29.3 Å². The molecular weight excluding hydrogens is 326 g/mol. The van der Waals surface area contributed by atoms with Gasteiger partial charge in [-0.1, -0.05) is 12.1 Å². The number of hydrogen-bond acceptors (Lipinski definition) is 4. The highest BCUT2D eigenvalue weighted by molar-refractivity contribution is 6.08. The Kier molecular flexibility index (Phi) is 3.30. The van der Waals surface area contributed by atoms with E-state index in [1.807, 2.05) is 37.3 Å². The molecule has 2 bridgehead atoms. The first-order chi connectivity index (χ1) is 12.6. The molecule has 0 N–H and O–H groups in total. The van der Waals surface area contributed by atoms with E-state index in [1.165, 1.54) is 4.90 Å². The maximum Gasteiger partial charge on any atom is 0.236 e. The molecule has 2 aromatic rings. The van der Waals surface area contributed by atoms with Crippen LogP contribution in [0, 0.1) is 23.2 Å². The summed E-state index contributed by atoms with van der Waals surface area (Å²) < 4.78 is 0. The van der Waals surface area contributed by atoms with Gasteiger partial charge in [-0.2, -0.15) is 0 Å². The molecule has 2 saturated carbocycles. The van der Waals surface area contributed by atoms with Crippen LogP contribution in [0.15, 0.2) is 42.7 Å². The first-order valence-corrected chi connectivity index (χ1v) is 9.31. The number of pyridine rings is 2.